The summed E-state index contributed by atoms with van der Waals surface area (Å²) in [5, 5.41) is 15.4. The minimum Gasteiger partial charge on any atom is -0.383 e. The van der Waals surface area contributed by atoms with Gasteiger partial charge in [-0.25, -0.2) is 9.67 Å². The van der Waals surface area contributed by atoms with Gasteiger partial charge in [0.1, 0.15) is 12.0 Å². The van der Waals surface area contributed by atoms with Crippen LogP contribution in [0.2, 0.25) is 0 Å². The van der Waals surface area contributed by atoms with Gasteiger partial charge in [0.05, 0.1) is 19.7 Å². The quantitative estimate of drug-likeness (QED) is 0.648. The number of hydrogen-bond acceptors (Lipinski definition) is 6. The number of aryl methyl sites for hydroxylation is 1. The lowest BCUT2D eigenvalue weighted by Crippen LogP contribution is -2.19. The summed E-state index contributed by atoms with van der Waals surface area (Å²) in [4.78, 5) is 4.21. The van der Waals surface area contributed by atoms with Gasteiger partial charge < -0.3 is 10.1 Å². The Morgan fingerprint density at radius 3 is 3.06 bits per heavy atom. The Morgan fingerprint density at radius 1 is 1.44 bits per heavy atom. The number of nitrogens with one attached hydrogen (secondary N) is 1. The Labute approximate surface area is 105 Å². The van der Waals surface area contributed by atoms with Gasteiger partial charge in [-0.05, 0) is 0 Å². The van der Waals surface area contributed by atoms with E-state index >= 15 is 0 Å². The zero-order valence-electron chi connectivity index (χ0n) is 10.6. The minimum atomic E-state index is 0.582. The summed E-state index contributed by atoms with van der Waals surface area (Å²) in [5.74, 6) is 0.759. The van der Waals surface area contributed by atoms with Crippen LogP contribution in [-0.2, 0) is 24.9 Å². The van der Waals surface area contributed by atoms with Crippen LogP contribution in [0.15, 0.2) is 12.5 Å². The summed E-state index contributed by atoms with van der Waals surface area (Å²) in [5.41, 5.74) is 0.862. The Hall–Kier alpha value is -1.80. The predicted molar refractivity (Wildman–Crippen MR) is 63.7 cm³/mol. The molecule has 0 aliphatic heterocycles. The second kappa shape index (κ2) is 6.22. The van der Waals surface area contributed by atoms with Crippen molar-refractivity contribution in [2.45, 2.75) is 13.1 Å². The fourth-order valence-corrected chi connectivity index (χ4v) is 1.50. The first kappa shape index (κ1) is 12.7. The van der Waals surface area contributed by atoms with Gasteiger partial charge in [-0.2, -0.15) is 5.10 Å². The van der Waals surface area contributed by atoms with Crippen molar-refractivity contribution in [1.29, 1.82) is 0 Å². The lowest BCUT2D eigenvalue weighted by molar-refractivity contribution is 0.199. The molecule has 0 spiro atoms. The number of hydrogen-bond donors (Lipinski definition) is 1. The van der Waals surface area contributed by atoms with Crippen LogP contribution in [0.25, 0.3) is 0 Å². The molecule has 0 atom stereocenters. The number of ether oxygens (including phenoxy) is 1. The van der Waals surface area contributed by atoms with Gasteiger partial charge in [0.2, 0.25) is 0 Å². The van der Waals surface area contributed by atoms with E-state index in [1.165, 1.54) is 0 Å². The summed E-state index contributed by atoms with van der Waals surface area (Å²) < 4.78 is 8.35. The van der Waals surface area contributed by atoms with Gasteiger partial charge >= 0.3 is 0 Å². The maximum Gasteiger partial charge on any atom is 0.164 e. The highest BCUT2D eigenvalue weighted by molar-refractivity contribution is 4.93. The van der Waals surface area contributed by atoms with E-state index < -0.39 is 0 Å². The molecule has 18 heavy (non-hydrogen) atoms. The molecule has 8 heteroatoms. The first-order valence-corrected chi connectivity index (χ1v) is 5.71. The molecule has 2 rings (SSSR count). The van der Waals surface area contributed by atoms with Gasteiger partial charge in [0.25, 0.3) is 0 Å². The smallest absolute Gasteiger partial charge is 0.164 e. The molecule has 2 heterocycles. The second-order valence-corrected chi connectivity index (χ2v) is 3.91. The van der Waals surface area contributed by atoms with Crippen molar-refractivity contribution in [3.63, 3.8) is 0 Å². The van der Waals surface area contributed by atoms with Crippen LogP contribution in [0.3, 0.4) is 0 Å². The summed E-state index contributed by atoms with van der Waals surface area (Å²) in [6.45, 7) is 2.69. The first-order valence-electron chi connectivity index (χ1n) is 5.71. The molecule has 0 aliphatic rings. The predicted octanol–water partition coefficient (Wildman–Crippen LogP) is -0.809. The summed E-state index contributed by atoms with van der Waals surface area (Å²) in [6, 6.07) is 0. The molecule has 0 saturated heterocycles. The van der Waals surface area contributed by atoms with Crippen LogP contribution in [0.5, 0.6) is 0 Å². The molecule has 0 saturated carbocycles. The summed E-state index contributed by atoms with van der Waals surface area (Å²) in [7, 11) is 3.51. The first-order chi connectivity index (χ1) is 8.78. The average molecular weight is 251 g/mol. The number of nitrogens with zero attached hydrogens (tertiary/aromatic N) is 6. The molecule has 1 N–H and O–H groups in total. The topological polar surface area (TPSA) is 82.7 Å². The Bertz CT molecular complexity index is 478. The van der Waals surface area contributed by atoms with E-state index in [-0.39, 0.29) is 0 Å². The Balaban J connectivity index is 1.82. The van der Waals surface area contributed by atoms with Gasteiger partial charge in [0.15, 0.2) is 5.82 Å². The maximum absolute atomic E-state index is 4.94. The standard InChI is InChI=1S/C10H17N7O/c1-16-6-9(13-15-16)7-17-8-12-10(14-17)5-11-3-4-18-2/h6,8,11H,3-5,7H2,1-2H3. The van der Waals surface area contributed by atoms with Gasteiger partial charge in [-0.3, -0.25) is 4.68 Å². The van der Waals surface area contributed by atoms with Crippen molar-refractivity contribution in [3.8, 4) is 0 Å². The molecule has 0 amide bonds. The average Bonchev–Trinajstić information content (AvgIpc) is 2.95. The van der Waals surface area contributed by atoms with E-state index in [1.54, 1.807) is 22.8 Å². The van der Waals surface area contributed by atoms with E-state index in [1.807, 2.05) is 13.2 Å². The fourth-order valence-electron chi connectivity index (χ4n) is 1.50. The number of methoxy groups -OCH3 is 1. The number of aromatic nitrogens is 6. The Kier molecular flexibility index (Phi) is 4.37. The summed E-state index contributed by atoms with van der Waals surface area (Å²) in [6.07, 6.45) is 3.56. The largest absolute Gasteiger partial charge is 0.383 e. The third kappa shape index (κ3) is 3.60. The summed E-state index contributed by atoms with van der Waals surface area (Å²) >= 11 is 0. The number of rotatable bonds is 7. The zero-order chi connectivity index (χ0) is 12.8. The van der Waals surface area contributed by atoms with Crippen LogP contribution < -0.4 is 5.32 Å². The molecule has 0 bridgehead atoms. The van der Waals surface area contributed by atoms with E-state index in [4.69, 9.17) is 4.74 Å². The van der Waals surface area contributed by atoms with Gasteiger partial charge in [-0.1, -0.05) is 5.21 Å². The monoisotopic (exact) mass is 251 g/mol. The van der Waals surface area contributed by atoms with Crippen LogP contribution in [0.1, 0.15) is 11.5 Å². The molecular weight excluding hydrogens is 234 g/mol. The lowest BCUT2D eigenvalue weighted by Gasteiger charge is -1.99. The third-order valence-corrected chi connectivity index (χ3v) is 2.32. The van der Waals surface area contributed by atoms with Crippen LogP contribution in [-0.4, -0.2) is 50.0 Å². The second-order valence-electron chi connectivity index (χ2n) is 3.91. The minimum absolute atomic E-state index is 0.582. The van der Waals surface area contributed by atoms with Gasteiger partial charge in [0, 0.05) is 26.9 Å². The molecular formula is C10H17N7O. The molecule has 0 unspecified atom stereocenters. The zero-order valence-corrected chi connectivity index (χ0v) is 10.6. The van der Waals surface area contributed by atoms with Crippen molar-refractivity contribution < 1.29 is 4.74 Å². The van der Waals surface area contributed by atoms with Crippen molar-refractivity contribution in [2.24, 2.45) is 7.05 Å². The SMILES string of the molecule is COCCNCc1ncn(Cc2cn(C)nn2)n1. The highest BCUT2D eigenvalue weighted by Gasteiger charge is 2.03. The normalized spacial score (nSPS) is 11.0. The van der Waals surface area contributed by atoms with Gasteiger partial charge in [-0.15, -0.1) is 5.10 Å². The van der Waals surface area contributed by atoms with E-state index in [0.29, 0.717) is 19.7 Å². The van der Waals surface area contributed by atoms with E-state index in [0.717, 1.165) is 18.1 Å². The van der Waals surface area contributed by atoms with Crippen molar-refractivity contribution in [2.75, 3.05) is 20.3 Å². The van der Waals surface area contributed by atoms with E-state index in [9.17, 15) is 0 Å². The molecule has 98 valence electrons. The van der Waals surface area contributed by atoms with Crippen molar-refractivity contribution >= 4 is 0 Å². The lowest BCUT2D eigenvalue weighted by atomic mass is 10.5. The van der Waals surface area contributed by atoms with Crippen LogP contribution in [0.4, 0.5) is 0 Å². The van der Waals surface area contributed by atoms with Crippen LogP contribution >= 0.6 is 0 Å². The third-order valence-electron chi connectivity index (χ3n) is 2.32. The molecule has 0 fully saturated rings. The Morgan fingerprint density at radius 2 is 2.33 bits per heavy atom. The van der Waals surface area contributed by atoms with Crippen molar-refractivity contribution in [1.82, 2.24) is 35.1 Å². The molecule has 0 aliphatic carbocycles. The maximum atomic E-state index is 4.94. The molecule has 0 radical (unpaired) electrons. The van der Waals surface area contributed by atoms with E-state index in [2.05, 4.69) is 25.7 Å². The molecule has 8 nitrogen and oxygen atoms in total. The van der Waals surface area contributed by atoms with Crippen molar-refractivity contribution in [3.05, 3.63) is 24.0 Å². The fraction of sp³-hybridized carbons (Fsp3) is 0.600. The molecule has 2 aromatic heterocycles. The molecule has 2 aromatic rings. The van der Waals surface area contributed by atoms with Crippen LogP contribution in [0, 0.1) is 0 Å². The molecule has 0 aromatic carbocycles. The highest BCUT2D eigenvalue weighted by Crippen LogP contribution is 1.96. The highest BCUT2D eigenvalue weighted by atomic mass is 16.5.